The lowest BCUT2D eigenvalue weighted by Crippen LogP contribution is -2.32. The number of benzene rings is 1. The molecule has 1 saturated heterocycles. The van der Waals surface area contributed by atoms with Crippen LogP contribution >= 0.6 is 12.4 Å². The first kappa shape index (κ1) is 18.8. The molecule has 1 amide bonds. The second-order valence-electron chi connectivity index (χ2n) is 5.59. The molecule has 1 aliphatic rings. The molecule has 1 heterocycles. The van der Waals surface area contributed by atoms with Gasteiger partial charge in [-0.2, -0.15) is 0 Å². The van der Waals surface area contributed by atoms with Crippen LogP contribution in [0.15, 0.2) is 24.3 Å². The predicted molar refractivity (Wildman–Crippen MR) is 91.6 cm³/mol. The fourth-order valence-corrected chi connectivity index (χ4v) is 2.79. The number of nitrogens with one attached hydrogen (secondary N) is 1. The van der Waals surface area contributed by atoms with Crippen LogP contribution in [-0.2, 0) is 11.3 Å². The number of nitrogens with zero attached hydrogens (tertiary/aromatic N) is 1. The summed E-state index contributed by atoms with van der Waals surface area (Å²) in [5.41, 5.74) is 1.14. The minimum Gasteiger partial charge on any atom is -0.497 e. The summed E-state index contributed by atoms with van der Waals surface area (Å²) in [6.45, 7) is 4.57. The monoisotopic (exact) mass is 326 g/mol. The van der Waals surface area contributed by atoms with Crippen LogP contribution in [0.1, 0.15) is 38.2 Å². The van der Waals surface area contributed by atoms with E-state index >= 15 is 0 Å². The van der Waals surface area contributed by atoms with Gasteiger partial charge in [-0.25, -0.2) is 0 Å². The highest BCUT2D eigenvalue weighted by atomic mass is 35.5. The number of amides is 1. The zero-order valence-corrected chi connectivity index (χ0v) is 14.3. The van der Waals surface area contributed by atoms with Crippen molar-refractivity contribution >= 4 is 18.3 Å². The van der Waals surface area contributed by atoms with Crippen LogP contribution < -0.4 is 10.1 Å². The van der Waals surface area contributed by atoms with Crippen LogP contribution in [0.5, 0.6) is 5.75 Å². The van der Waals surface area contributed by atoms with Gasteiger partial charge in [-0.15, -0.1) is 12.4 Å². The van der Waals surface area contributed by atoms with Crippen molar-refractivity contribution in [2.75, 3.05) is 20.2 Å². The van der Waals surface area contributed by atoms with Crippen molar-refractivity contribution in [2.45, 2.75) is 45.2 Å². The van der Waals surface area contributed by atoms with Gasteiger partial charge in [0.25, 0.3) is 0 Å². The van der Waals surface area contributed by atoms with E-state index in [0.717, 1.165) is 30.8 Å². The lowest BCUT2D eigenvalue weighted by molar-refractivity contribution is -0.131. The Morgan fingerprint density at radius 2 is 2.09 bits per heavy atom. The van der Waals surface area contributed by atoms with Crippen LogP contribution in [0.25, 0.3) is 0 Å². The normalized spacial score (nSPS) is 16.9. The van der Waals surface area contributed by atoms with E-state index in [0.29, 0.717) is 19.0 Å². The number of hydrogen-bond donors (Lipinski definition) is 1. The molecule has 22 heavy (non-hydrogen) atoms. The second kappa shape index (κ2) is 9.70. The first-order valence-electron chi connectivity index (χ1n) is 7.87. The Hall–Kier alpha value is -1.26. The highest BCUT2D eigenvalue weighted by Gasteiger charge is 2.18. The summed E-state index contributed by atoms with van der Waals surface area (Å²) < 4.78 is 5.16. The first-order chi connectivity index (χ1) is 10.2. The summed E-state index contributed by atoms with van der Waals surface area (Å²) in [6.07, 6.45) is 4.04. The molecular formula is C17H27ClN2O2. The maximum absolute atomic E-state index is 12.3. The molecule has 1 N–H and O–H groups in total. The van der Waals surface area contributed by atoms with Gasteiger partial charge in [0.05, 0.1) is 7.11 Å². The molecule has 1 fully saturated rings. The van der Waals surface area contributed by atoms with Gasteiger partial charge in [0.2, 0.25) is 5.91 Å². The fourth-order valence-electron chi connectivity index (χ4n) is 2.79. The molecule has 0 aliphatic carbocycles. The predicted octanol–water partition coefficient (Wildman–Crippen LogP) is 3.00. The van der Waals surface area contributed by atoms with Crippen LogP contribution in [0, 0.1) is 0 Å². The third-order valence-corrected chi connectivity index (χ3v) is 4.14. The number of ether oxygens (including phenoxy) is 1. The third-order valence-electron chi connectivity index (χ3n) is 4.14. The van der Waals surface area contributed by atoms with Crippen molar-refractivity contribution in [3.05, 3.63) is 29.8 Å². The van der Waals surface area contributed by atoms with Gasteiger partial charge in [0, 0.05) is 25.6 Å². The molecule has 1 unspecified atom stereocenters. The van der Waals surface area contributed by atoms with Gasteiger partial charge in [-0.3, -0.25) is 4.79 Å². The zero-order valence-electron chi connectivity index (χ0n) is 13.5. The van der Waals surface area contributed by atoms with E-state index in [1.54, 1.807) is 7.11 Å². The Morgan fingerprint density at radius 3 is 2.64 bits per heavy atom. The van der Waals surface area contributed by atoms with Crippen molar-refractivity contribution in [1.82, 2.24) is 10.2 Å². The summed E-state index contributed by atoms with van der Waals surface area (Å²) in [5, 5.41) is 3.45. The number of carbonyl (C=O) groups is 1. The lowest BCUT2D eigenvalue weighted by Gasteiger charge is -2.22. The van der Waals surface area contributed by atoms with Gasteiger partial charge in [-0.05, 0) is 50.4 Å². The van der Waals surface area contributed by atoms with Crippen LogP contribution in [0.3, 0.4) is 0 Å². The summed E-state index contributed by atoms with van der Waals surface area (Å²) in [5.74, 6) is 1.10. The minimum atomic E-state index is 0. The Labute approximate surface area is 139 Å². The SMILES string of the molecule is CCN(Cc1ccc(OC)cc1)C(=O)CCC1CCCN1.Cl. The molecule has 2 rings (SSSR count). The van der Waals surface area contributed by atoms with Gasteiger partial charge in [0.15, 0.2) is 0 Å². The minimum absolute atomic E-state index is 0. The summed E-state index contributed by atoms with van der Waals surface area (Å²) >= 11 is 0. The maximum Gasteiger partial charge on any atom is 0.222 e. The summed E-state index contributed by atoms with van der Waals surface area (Å²) in [4.78, 5) is 14.3. The largest absolute Gasteiger partial charge is 0.497 e. The fraction of sp³-hybridized carbons (Fsp3) is 0.588. The molecule has 0 aromatic heterocycles. The Bertz CT molecular complexity index is 444. The van der Waals surface area contributed by atoms with Gasteiger partial charge < -0.3 is 15.0 Å². The van der Waals surface area contributed by atoms with E-state index in [9.17, 15) is 4.79 Å². The van der Waals surface area contributed by atoms with Crippen LogP contribution in [-0.4, -0.2) is 37.0 Å². The Morgan fingerprint density at radius 1 is 1.36 bits per heavy atom. The first-order valence-corrected chi connectivity index (χ1v) is 7.87. The Kier molecular flexibility index (Phi) is 8.28. The quantitative estimate of drug-likeness (QED) is 0.837. The molecule has 1 aromatic carbocycles. The van der Waals surface area contributed by atoms with Gasteiger partial charge in [0.1, 0.15) is 5.75 Å². The molecule has 0 spiro atoms. The topological polar surface area (TPSA) is 41.6 Å². The number of methoxy groups -OCH3 is 1. The highest BCUT2D eigenvalue weighted by molar-refractivity contribution is 5.85. The average Bonchev–Trinajstić information content (AvgIpc) is 3.04. The van der Waals surface area contributed by atoms with Crippen LogP contribution in [0.4, 0.5) is 0 Å². The standard InChI is InChI=1S/C17H26N2O2.ClH/c1-3-19(13-14-6-9-16(21-2)10-7-14)17(20)11-8-15-5-4-12-18-15;/h6-7,9-10,15,18H,3-5,8,11-13H2,1-2H3;1H. The van der Waals surface area contributed by atoms with E-state index < -0.39 is 0 Å². The molecule has 1 aromatic rings. The third kappa shape index (κ3) is 5.50. The zero-order chi connectivity index (χ0) is 15.1. The van der Waals surface area contributed by atoms with Crippen molar-refractivity contribution in [2.24, 2.45) is 0 Å². The number of halogens is 1. The van der Waals surface area contributed by atoms with Crippen molar-refractivity contribution in [3.8, 4) is 5.75 Å². The molecule has 4 nitrogen and oxygen atoms in total. The summed E-state index contributed by atoms with van der Waals surface area (Å²) in [6, 6.07) is 8.46. The van der Waals surface area contributed by atoms with E-state index in [4.69, 9.17) is 4.74 Å². The van der Waals surface area contributed by atoms with Crippen molar-refractivity contribution in [1.29, 1.82) is 0 Å². The average molecular weight is 327 g/mol. The van der Waals surface area contributed by atoms with E-state index in [1.165, 1.54) is 12.8 Å². The molecular weight excluding hydrogens is 300 g/mol. The number of rotatable bonds is 7. The van der Waals surface area contributed by atoms with Gasteiger partial charge >= 0.3 is 0 Å². The van der Waals surface area contributed by atoms with Crippen molar-refractivity contribution < 1.29 is 9.53 Å². The highest BCUT2D eigenvalue weighted by Crippen LogP contribution is 2.15. The second-order valence-corrected chi connectivity index (χ2v) is 5.59. The number of hydrogen-bond acceptors (Lipinski definition) is 3. The maximum atomic E-state index is 12.3. The Balaban J connectivity index is 0.00000242. The molecule has 124 valence electrons. The van der Waals surface area contributed by atoms with Crippen LogP contribution in [0.2, 0.25) is 0 Å². The summed E-state index contributed by atoms with van der Waals surface area (Å²) in [7, 11) is 1.66. The van der Waals surface area contributed by atoms with E-state index in [-0.39, 0.29) is 18.3 Å². The molecule has 0 radical (unpaired) electrons. The molecule has 1 aliphatic heterocycles. The smallest absolute Gasteiger partial charge is 0.222 e. The lowest BCUT2D eigenvalue weighted by atomic mass is 10.1. The molecule has 0 saturated carbocycles. The number of carbonyl (C=O) groups excluding carboxylic acids is 1. The molecule has 5 heteroatoms. The van der Waals surface area contributed by atoms with Crippen molar-refractivity contribution in [3.63, 3.8) is 0 Å². The molecule has 1 atom stereocenters. The van der Waals surface area contributed by atoms with E-state index in [1.807, 2.05) is 36.1 Å². The van der Waals surface area contributed by atoms with E-state index in [2.05, 4.69) is 5.32 Å². The van der Waals surface area contributed by atoms with Gasteiger partial charge in [-0.1, -0.05) is 12.1 Å². The molecule has 0 bridgehead atoms.